The van der Waals surface area contributed by atoms with Gasteiger partial charge in [0.25, 0.3) is 0 Å². The Labute approximate surface area is 231 Å². The van der Waals surface area contributed by atoms with Crippen molar-refractivity contribution in [2.75, 3.05) is 26.7 Å². The van der Waals surface area contributed by atoms with Crippen molar-refractivity contribution in [1.82, 2.24) is 9.88 Å². The lowest BCUT2D eigenvalue weighted by molar-refractivity contribution is -0.141. The van der Waals surface area contributed by atoms with E-state index in [4.69, 9.17) is 27.9 Å². The van der Waals surface area contributed by atoms with Crippen LogP contribution < -0.4 is 4.74 Å². The van der Waals surface area contributed by atoms with Gasteiger partial charge >= 0.3 is 5.97 Å². The van der Waals surface area contributed by atoms with E-state index in [0.717, 1.165) is 0 Å². The molecule has 0 amide bonds. The summed E-state index contributed by atoms with van der Waals surface area (Å²) in [5, 5.41) is 22.2. The first-order chi connectivity index (χ1) is 18.2. The SMILES string of the molecule is COc1ccc2ncc(Cl)c([C@@H](O)CCC3(CC(=O)O)CCN(CC#Cc4cc(F)cc(Cl)c4)CC3)c2c1. The Balaban J connectivity index is 1.43. The maximum absolute atomic E-state index is 13.5. The smallest absolute Gasteiger partial charge is 0.303 e. The van der Waals surface area contributed by atoms with Crippen LogP contribution in [0.5, 0.6) is 5.75 Å². The number of aliphatic hydroxyl groups excluding tert-OH is 1. The second kappa shape index (κ2) is 12.3. The van der Waals surface area contributed by atoms with Crippen LogP contribution in [0.4, 0.5) is 4.39 Å². The molecule has 2 heterocycles. The van der Waals surface area contributed by atoms with E-state index in [2.05, 4.69) is 21.7 Å². The van der Waals surface area contributed by atoms with E-state index in [1.165, 1.54) is 18.3 Å². The monoisotopic (exact) mass is 558 g/mol. The number of likely N-dealkylation sites (tertiary alicyclic amines) is 1. The molecule has 0 saturated carbocycles. The molecule has 2 N–H and O–H groups in total. The topological polar surface area (TPSA) is 82.9 Å². The van der Waals surface area contributed by atoms with Gasteiger partial charge in [-0.1, -0.05) is 35.0 Å². The second-order valence-electron chi connectivity index (χ2n) is 9.76. The molecule has 0 spiro atoms. The third-order valence-electron chi connectivity index (χ3n) is 7.19. The van der Waals surface area contributed by atoms with Crippen LogP contribution in [0, 0.1) is 23.1 Å². The molecule has 0 unspecified atom stereocenters. The molecule has 3 aromatic rings. The lowest BCUT2D eigenvalue weighted by Gasteiger charge is -2.41. The van der Waals surface area contributed by atoms with Crippen molar-refractivity contribution >= 4 is 40.1 Å². The molecule has 1 aromatic heterocycles. The average molecular weight is 559 g/mol. The van der Waals surface area contributed by atoms with Gasteiger partial charge in [-0.25, -0.2) is 4.39 Å². The van der Waals surface area contributed by atoms with E-state index in [0.29, 0.717) is 83.1 Å². The van der Waals surface area contributed by atoms with Gasteiger partial charge < -0.3 is 14.9 Å². The summed E-state index contributed by atoms with van der Waals surface area (Å²) in [6.07, 6.45) is 2.90. The molecule has 4 rings (SSSR count). The Bertz CT molecular complexity index is 1360. The van der Waals surface area contributed by atoms with Gasteiger partial charge in [-0.05, 0) is 80.6 Å². The van der Waals surface area contributed by atoms with Gasteiger partial charge in [0.15, 0.2) is 0 Å². The average Bonchev–Trinajstić information content (AvgIpc) is 2.87. The van der Waals surface area contributed by atoms with Crippen molar-refractivity contribution in [3.8, 4) is 17.6 Å². The lowest BCUT2D eigenvalue weighted by atomic mass is 9.71. The quantitative estimate of drug-likeness (QED) is 0.324. The Morgan fingerprint density at radius 2 is 2.00 bits per heavy atom. The van der Waals surface area contributed by atoms with Crippen LogP contribution >= 0.6 is 23.2 Å². The minimum Gasteiger partial charge on any atom is -0.497 e. The van der Waals surface area contributed by atoms with E-state index in [1.807, 2.05) is 6.07 Å². The van der Waals surface area contributed by atoms with Gasteiger partial charge in [0.2, 0.25) is 0 Å². The number of aliphatic hydroxyl groups is 1. The molecule has 1 aliphatic rings. The molecule has 1 atom stereocenters. The van der Waals surface area contributed by atoms with Gasteiger partial charge in [0.05, 0.1) is 36.7 Å². The van der Waals surface area contributed by atoms with Crippen LogP contribution in [-0.4, -0.2) is 52.8 Å². The first-order valence-electron chi connectivity index (χ1n) is 12.4. The summed E-state index contributed by atoms with van der Waals surface area (Å²) >= 11 is 12.4. The number of methoxy groups -OCH3 is 1. The summed E-state index contributed by atoms with van der Waals surface area (Å²) < 4.78 is 18.9. The minimum absolute atomic E-state index is 0.0275. The molecule has 38 heavy (non-hydrogen) atoms. The molecule has 200 valence electrons. The fraction of sp³-hybridized carbons (Fsp3) is 0.379. The fourth-order valence-corrected chi connectivity index (χ4v) is 5.62. The number of piperidine rings is 1. The minimum atomic E-state index is -0.882. The standard InChI is InChI=1S/C29H29Cl2FN2O4/c1-38-22-4-5-25-23(16-22)28(24(31)18-33-25)26(35)6-7-29(17-27(36)37)8-11-34(12-9-29)10-2-3-19-13-20(30)15-21(32)14-19/h4-5,13-16,18,26,35H,6-12,17H2,1H3,(H,36,37)/t26-/m0/s1. The maximum atomic E-state index is 13.5. The Morgan fingerprint density at radius 1 is 1.24 bits per heavy atom. The molecule has 0 radical (unpaired) electrons. The zero-order chi connectivity index (χ0) is 27.3. The largest absolute Gasteiger partial charge is 0.497 e. The van der Waals surface area contributed by atoms with Crippen molar-refractivity contribution < 1.29 is 24.1 Å². The highest BCUT2D eigenvalue weighted by molar-refractivity contribution is 6.32. The Kier molecular flexibility index (Phi) is 9.11. The number of ether oxygens (including phenoxy) is 1. The summed E-state index contributed by atoms with van der Waals surface area (Å²) in [6.45, 7) is 1.84. The van der Waals surface area contributed by atoms with Crippen molar-refractivity contribution in [3.63, 3.8) is 0 Å². The highest BCUT2D eigenvalue weighted by Gasteiger charge is 2.37. The number of aliphatic carboxylic acids is 1. The van der Waals surface area contributed by atoms with E-state index in [-0.39, 0.29) is 6.42 Å². The van der Waals surface area contributed by atoms with Gasteiger partial charge in [-0.2, -0.15) is 0 Å². The number of carboxylic acids is 1. The van der Waals surface area contributed by atoms with Gasteiger partial charge in [-0.3, -0.25) is 14.7 Å². The highest BCUT2D eigenvalue weighted by atomic mass is 35.5. The number of halogens is 3. The van der Waals surface area contributed by atoms with Crippen LogP contribution in [0.3, 0.4) is 0 Å². The Morgan fingerprint density at radius 3 is 2.68 bits per heavy atom. The summed E-state index contributed by atoms with van der Waals surface area (Å²) in [5.74, 6) is 5.35. The number of pyridine rings is 1. The lowest BCUT2D eigenvalue weighted by Crippen LogP contribution is -2.41. The van der Waals surface area contributed by atoms with Crippen molar-refractivity contribution in [2.45, 2.75) is 38.2 Å². The number of carbonyl (C=O) groups is 1. The normalized spacial score (nSPS) is 16.0. The second-order valence-corrected chi connectivity index (χ2v) is 10.6. The first-order valence-corrected chi connectivity index (χ1v) is 13.1. The number of rotatable bonds is 8. The predicted octanol–water partition coefficient (Wildman–Crippen LogP) is 6.11. The summed E-state index contributed by atoms with van der Waals surface area (Å²) in [6, 6.07) is 9.61. The molecule has 6 nitrogen and oxygen atoms in total. The Hall–Kier alpha value is -2.89. The number of hydrogen-bond acceptors (Lipinski definition) is 5. The molecule has 0 bridgehead atoms. The molecular formula is C29H29Cl2FN2O4. The molecule has 1 aliphatic heterocycles. The predicted molar refractivity (Wildman–Crippen MR) is 146 cm³/mol. The van der Waals surface area contributed by atoms with Crippen molar-refractivity contribution in [1.29, 1.82) is 0 Å². The van der Waals surface area contributed by atoms with Crippen LogP contribution in [0.2, 0.25) is 10.0 Å². The number of aromatic nitrogens is 1. The fourth-order valence-electron chi connectivity index (χ4n) is 5.12. The molecular weight excluding hydrogens is 530 g/mol. The third-order valence-corrected chi connectivity index (χ3v) is 7.71. The maximum Gasteiger partial charge on any atom is 0.303 e. The highest BCUT2D eigenvalue weighted by Crippen LogP contribution is 2.43. The zero-order valence-corrected chi connectivity index (χ0v) is 22.5. The third kappa shape index (κ3) is 6.95. The molecule has 0 aliphatic carbocycles. The molecule has 2 aromatic carbocycles. The molecule has 1 fully saturated rings. The van der Waals surface area contributed by atoms with Gasteiger partial charge in [0.1, 0.15) is 11.6 Å². The van der Waals surface area contributed by atoms with E-state index >= 15 is 0 Å². The summed E-state index contributed by atoms with van der Waals surface area (Å²) in [5.41, 5.74) is 1.34. The first kappa shape index (κ1) is 28.1. The van der Waals surface area contributed by atoms with Crippen molar-refractivity contribution in [3.05, 3.63) is 69.6 Å². The van der Waals surface area contributed by atoms with E-state index in [9.17, 15) is 19.4 Å². The van der Waals surface area contributed by atoms with Gasteiger partial charge in [-0.15, -0.1) is 0 Å². The van der Waals surface area contributed by atoms with Crippen LogP contribution in [0.15, 0.2) is 42.6 Å². The summed E-state index contributed by atoms with van der Waals surface area (Å²) in [4.78, 5) is 18.3. The zero-order valence-electron chi connectivity index (χ0n) is 21.0. The van der Waals surface area contributed by atoms with Crippen LogP contribution in [-0.2, 0) is 4.79 Å². The summed E-state index contributed by atoms with van der Waals surface area (Å²) in [7, 11) is 1.57. The number of carboxylic acid groups (broad SMARTS) is 1. The molecule has 9 heteroatoms. The number of benzene rings is 2. The van der Waals surface area contributed by atoms with Crippen LogP contribution in [0.25, 0.3) is 10.9 Å². The number of fused-ring (bicyclic) bond motifs is 1. The van der Waals surface area contributed by atoms with Crippen molar-refractivity contribution in [2.24, 2.45) is 5.41 Å². The number of hydrogen-bond donors (Lipinski definition) is 2. The van der Waals surface area contributed by atoms with Gasteiger partial charge in [0, 0.05) is 27.7 Å². The van der Waals surface area contributed by atoms with E-state index in [1.54, 1.807) is 25.3 Å². The molecule has 1 saturated heterocycles. The van der Waals surface area contributed by atoms with E-state index < -0.39 is 23.3 Å². The van der Waals surface area contributed by atoms with Crippen LogP contribution in [0.1, 0.15) is 49.3 Å². The number of nitrogens with zero attached hydrogens (tertiary/aromatic N) is 2.